The van der Waals surface area contributed by atoms with Crippen LogP contribution in [-0.4, -0.2) is 53.0 Å². The van der Waals surface area contributed by atoms with E-state index in [-0.39, 0.29) is 5.56 Å². The second-order valence-corrected chi connectivity index (χ2v) is 7.99. The minimum absolute atomic E-state index is 0.0430. The average molecular weight is 390 g/mol. The van der Waals surface area contributed by atoms with Gasteiger partial charge in [-0.05, 0) is 48.6 Å². The summed E-state index contributed by atoms with van der Waals surface area (Å²) in [6.45, 7) is 2.05. The van der Waals surface area contributed by atoms with Crippen molar-refractivity contribution in [3.8, 4) is 0 Å². The first-order chi connectivity index (χ1) is 14.1. The van der Waals surface area contributed by atoms with E-state index in [1.54, 1.807) is 0 Å². The average Bonchev–Trinajstić information content (AvgIpc) is 3.46. The van der Waals surface area contributed by atoms with E-state index in [9.17, 15) is 4.79 Å². The van der Waals surface area contributed by atoms with Crippen LogP contribution >= 0.6 is 0 Å². The highest BCUT2D eigenvalue weighted by Crippen LogP contribution is 2.27. The zero-order valence-corrected chi connectivity index (χ0v) is 17.0. The molecule has 0 amide bonds. The third kappa shape index (κ3) is 3.09. The molecule has 6 nitrogen and oxygen atoms in total. The topological polar surface area (TPSA) is 62.9 Å². The lowest BCUT2D eigenvalue weighted by Crippen LogP contribution is -2.23. The fourth-order valence-electron chi connectivity index (χ4n) is 4.47. The van der Waals surface area contributed by atoms with Gasteiger partial charge in [-0.15, -0.1) is 0 Å². The van der Waals surface area contributed by atoms with Crippen molar-refractivity contribution < 1.29 is 9.15 Å². The molecule has 2 aromatic carbocycles. The van der Waals surface area contributed by atoms with Crippen LogP contribution in [0.3, 0.4) is 0 Å². The standard InChI is InChI=1S/C23H25N5O/c1-27(21-5-3-11-24-21)15-7-9-17-18-10-8-16(28(2)22-6-4-12-25-22)14-20(18)26-23(29)19(17)13-15/h7-10,13-14H,3-6,11-12H2,1-2H3,(H,26,29)/p+2. The number of rotatable bonds is 2. The highest BCUT2D eigenvalue weighted by molar-refractivity contribution is 6.06. The summed E-state index contributed by atoms with van der Waals surface area (Å²) in [7, 11) is 4.13. The van der Waals surface area contributed by atoms with Crippen LogP contribution in [0.15, 0.2) is 41.2 Å². The first kappa shape index (κ1) is 17.9. The van der Waals surface area contributed by atoms with Crippen LogP contribution < -0.4 is 16.2 Å². The summed E-state index contributed by atoms with van der Waals surface area (Å²) in [6, 6.07) is 12.5. The number of pyridine rings is 1. The van der Waals surface area contributed by atoms with Crippen LogP contribution in [0.1, 0.15) is 25.7 Å². The van der Waals surface area contributed by atoms with Crippen molar-refractivity contribution in [2.24, 2.45) is 0 Å². The van der Waals surface area contributed by atoms with Gasteiger partial charge in [0.05, 0.1) is 50.9 Å². The predicted molar refractivity (Wildman–Crippen MR) is 118 cm³/mol. The molecule has 3 N–H and O–H groups in total. The molecule has 0 radical (unpaired) electrons. The number of benzene rings is 2. The Morgan fingerprint density at radius 1 is 0.759 bits per heavy atom. The van der Waals surface area contributed by atoms with Crippen molar-refractivity contribution in [2.45, 2.75) is 25.7 Å². The molecule has 5 rings (SSSR count). The number of aromatic amines is 1. The number of nitrogens with zero attached hydrogens (tertiary/aromatic N) is 2. The summed E-state index contributed by atoms with van der Waals surface area (Å²) in [5.74, 6) is 2.45. The molecule has 0 aliphatic carbocycles. The number of hydrogen-bond acceptors (Lipinski definition) is 1. The minimum atomic E-state index is -0.0430. The van der Waals surface area contributed by atoms with Crippen molar-refractivity contribution in [3.05, 3.63) is 46.8 Å². The first-order valence-corrected chi connectivity index (χ1v) is 10.4. The van der Waals surface area contributed by atoms with E-state index in [2.05, 4.69) is 69.2 Å². The van der Waals surface area contributed by atoms with Gasteiger partial charge in [-0.3, -0.25) is 15.4 Å². The summed E-state index contributed by atoms with van der Waals surface area (Å²) in [6.07, 6.45) is 4.43. The zero-order chi connectivity index (χ0) is 20.0. The molecule has 148 valence electrons. The van der Waals surface area contributed by atoms with Gasteiger partial charge < -0.3 is 4.98 Å². The summed E-state index contributed by atoms with van der Waals surface area (Å²) in [5, 5.41) is 9.67. The summed E-state index contributed by atoms with van der Waals surface area (Å²) < 4.78 is 4.33. The number of H-pyrrole nitrogens is 1. The van der Waals surface area contributed by atoms with Gasteiger partial charge >= 0.3 is 0 Å². The van der Waals surface area contributed by atoms with Gasteiger partial charge in [0.2, 0.25) is 11.7 Å². The van der Waals surface area contributed by atoms with Gasteiger partial charge in [0, 0.05) is 11.5 Å². The molecule has 0 unspecified atom stereocenters. The predicted octanol–water partition coefficient (Wildman–Crippen LogP) is 2.79. The SMILES string of the molecule is C[N+](=C1CCCN1)c1ccc2c(c1)[nH]c(=O)c1cc([N+](C)=C3CCCN3)ccc12. The van der Waals surface area contributed by atoms with Gasteiger partial charge in [-0.1, -0.05) is 0 Å². The smallest absolute Gasteiger partial charge is 0.256 e. The van der Waals surface area contributed by atoms with Crippen molar-refractivity contribution >= 4 is 44.7 Å². The van der Waals surface area contributed by atoms with E-state index < -0.39 is 0 Å². The van der Waals surface area contributed by atoms with E-state index in [1.807, 2.05) is 6.07 Å². The lowest BCUT2D eigenvalue weighted by atomic mass is 10.1. The van der Waals surface area contributed by atoms with Crippen LogP contribution in [0.25, 0.3) is 21.7 Å². The monoisotopic (exact) mass is 389 g/mol. The molecule has 29 heavy (non-hydrogen) atoms. The van der Waals surface area contributed by atoms with Crippen LogP contribution in [0.2, 0.25) is 0 Å². The Morgan fingerprint density at radius 2 is 1.34 bits per heavy atom. The molecular formula is C23H27N5O+2. The number of amidine groups is 2. The van der Waals surface area contributed by atoms with Gasteiger partial charge in [-0.2, -0.15) is 0 Å². The molecule has 0 atom stereocenters. The Kier molecular flexibility index (Phi) is 4.34. The van der Waals surface area contributed by atoms with Gasteiger partial charge in [0.25, 0.3) is 5.56 Å². The lowest BCUT2D eigenvalue weighted by molar-refractivity contribution is -0.408. The fourth-order valence-corrected chi connectivity index (χ4v) is 4.47. The van der Waals surface area contributed by atoms with E-state index in [0.717, 1.165) is 65.4 Å². The summed E-state index contributed by atoms with van der Waals surface area (Å²) >= 11 is 0. The van der Waals surface area contributed by atoms with E-state index >= 15 is 0 Å². The van der Waals surface area contributed by atoms with Crippen molar-refractivity contribution in [1.82, 2.24) is 15.6 Å². The highest BCUT2D eigenvalue weighted by Gasteiger charge is 2.20. The zero-order valence-electron chi connectivity index (χ0n) is 17.0. The molecule has 3 heterocycles. The number of nitrogens with one attached hydrogen (secondary N) is 3. The summed E-state index contributed by atoms with van der Waals surface area (Å²) in [4.78, 5) is 16.0. The second kappa shape index (κ2) is 7.03. The third-order valence-corrected chi connectivity index (χ3v) is 6.21. The maximum Gasteiger partial charge on any atom is 0.256 e. The molecule has 2 fully saturated rings. The van der Waals surface area contributed by atoms with Crippen LogP contribution in [0.5, 0.6) is 0 Å². The van der Waals surface area contributed by atoms with Crippen molar-refractivity contribution in [3.63, 3.8) is 0 Å². The third-order valence-electron chi connectivity index (χ3n) is 6.21. The minimum Gasteiger partial charge on any atom is -0.321 e. The molecule has 1 aromatic heterocycles. The molecule has 2 aliphatic heterocycles. The van der Waals surface area contributed by atoms with E-state index in [1.165, 1.54) is 18.1 Å². The summed E-state index contributed by atoms with van der Waals surface area (Å²) in [5.41, 5.74) is 2.95. The molecule has 0 spiro atoms. The molecule has 0 bridgehead atoms. The lowest BCUT2D eigenvalue weighted by Gasteiger charge is -2.09. The molecule has 3 aromatic rings. The van der Waals surface area contributed by atoms with E-state index in [4.69, 9.17) is 0 Å². The van der Waals surface area contributed by atoms with Gasteiger partial charge in [0.15, 0.2) is 0 Å². The number of aromatic nitrogens is 1. The Morgan fingerprint density at radius 3 is 1.93 bits per heavy atom. The highest BCUT2D eigenvalue weighted by atomic mass is 16.1. The molecule has 2 aliphatic rings. The molecule has 6 heteroatoms. The Labute approximate surface area is 169 Å². The Bertz CT molecular complexity index is 1240. The Hall–Kier alpha value is -3.15. The molecule has 0 saturated carbocycles. The quantitative estimate of drug-likeness (QED) is 0.467. The van der Waals surface area contributed by atoms with Crippen LogP contribution in [0, 0.1) is 0 Å². The number of hydrogen-bond donors (Lipinski definition) is 3. The van der Waals surface area contributed by atoms with Crippen molar-refractivity contribution in [2.75, 3.05) is 27.2 Å². The number of fused-ring (bicyclic) bond motifs is 3. The Balaban J connectivity index is 1.64. The first-order valence-electron chi connectivity index (χ1n) is 10.4. The van der Waals surface area contributed by atoms with Gasteiger partial charge in [0.1, 0.15) is 11.4 Å². The maximum atomic E-state index is 12.9. The van der Waals surface area contributed by atoms with Gasteiger partial charge in [-0.25, -0.2) is 9.15 Å². The van der Waals surface area contributed by atoms with Crippen LogP contribution in [-0.2, 0) is 0 Å². The fraction of sp³-hybridized carbons (Fsp3) is 0.348. The maximum absolute atomic E-state index is 12.9. The molecular weight excluding hydrogens is 362 g/mol. The van der Waals surface area contributed by atoms with Crippen LogP contribution in [0.4, 0.5) is 11.4 Å². The van der Waals surface area contributed by atoms with Crippen molar-refractivity contribution in [1.29, 1.82) is 0 Å². The largest absolute Gasteiger partial charge is 0.321 e. The second-order valence-electron chi connectivity index (χ2n) is 7.99. The van der Waals surface area contributed by atoms with E-state index in [0.29, 0.717) is 0 Å². The normalized spacial score (nSPS) is 20.1. The molecule has 2 saturated heterocycles.